The van der Waals surface area contributed by atoms with Crippen LogP contribution in [0.1, 0.15) is 33.1 Å². The van der Waals surface area contributed by atoms with Crippen LogP contribution in [0, 0.1) is 0 Å². The van der Waals surface area contributed by atoms with E-state index in [1.54, 1.807) is 0 Å². The molecule has 0 spiro atoms. The van der Waals surface area contributed by atoms with Gasteiger partial charge in [0.1, 0.15) is 0 Å². The molecule has 0 aromatic carbocycles. The van der Waals surface area contributed by atoms with Crippen LogP contribution in [0.25, 0.3) is 0 Å². The van der Waals surface area contributed by atoms with E-state index < -0.39 is 0 Å². The normalized spacial score (nSPS) is 7.78. The largest absolute Gasteiger partial charge is 0.0782 e. The Morgan fingerprint density at radius 3 is 2.67 bits per heavy atom. The molecular formula is C9H14. The zero-order chi connectivity index (χ0) is 7.11. The van der Waals surface area contributed by atoms with Crippen LogP contribution in [0.3, 0.4) is 0 Å². The molecule has 9 heavy (non-hydrogen) atoms. The smallest absolute Gasteiger partial charge is 0.0230 e. The molecule has 0 aliphatic heterocycles. The summed E-state index contributed by atoms with van der Waals surface area (Å²) in [5.74, 6) is 0. The highest BCUT2D eigenvalue weighted by atomic mass is 13.9. The van der Waals surface area contributed by atoms with Crippen LogP contribution in [0.2, 0.25) is 0 Å². The van der Waals surface area contributed by atoms with E-state index in [4.69, 9.17) is 0 Å². The van der Waals surface area contributed by atoms with Crippen LogP contribution in [0.15, 0.2) is 23.6 Å². The molecule has 0 nitrogen and oxygen atoms in total. The van der Waals surface area contributed by atoms with Crippen molar-refractivity contribution in [2.75, 3.05) is 0 Å². The lowest BCUT2D eigenvalue weighted by Gasteiger charge is -1.91. The highest BCUT2D eigenvalue weighted by Crippen LogP contribution is 2.02. The zero-order valence-corrected chi connectivity index (χ0v) is 6.33. The second-order valence-electron chi connectivity index (χ2n) is 2.19. The summed E-state index contributed by atoms with van der Waals surface area (Å²) in [6, 6.07) is 0. The van der Waals surface area contributed by atoms with Gasteiger partial charge < -0.3 is 0 Å². The van der Waals surface area contributed by atoms with E-state index >= 15 is 0 Å². The first-order chi connectivity index (χ1) is 4.31. The molecule has 0 bridgehead atoms. The van der Waals surface area contributed by atoms with Crippen molar-refractivity contribution in [3.63, 3.8) is 0 Å². The van der Waals surface area contributed by atoms with Crippen molar-refractivity contribution in [1.29, 1.82) is 0 Å². The molecule has 0 saturated heterocycles. The lowest BCUT2D eigenvalue weighted by Crippen LogP contribution is -1.72. The number of rotatable bonds is 3. The Balaban J connectivity index is 3.63. The van der Waals surface area contributed by atoms with E-state index in [9.17, 15) is 0 Å². The average molecular weight is 122 g/mol. The highest BCUT2D eigenvalue weighted by Gasteiger charge is 1.84. The number of allylic oxidation sites excluding steroid dienone is 1. The Morgan fingerprint density at radius 1 is 1.56 bits per heavy atom. The lowest BCUT2D eigenvalue weighted by molar-refractivity contribution is 0.788. The molecule has 0 rings (SSSR count). The molecule has 50 valence electrons. The maximum absolute atomic E-state index is 3.45. The van der Waals surface area contributed by atoms with Gasteiger partial charge in [-0.2, -0.15) is 0 Å². The van der Waals surface area contributed by atoms with Crippen LogP contribution < -0.4 is 0 Å². The quantitative estimate of drug-likeness (QED) is 0.505. The van der Waals surface area contributed by atoms with Crippen LogP contribution in [0.4, 0.5) is 0 Å². The van der Waals surface area contributed by atoms with E-state index in [2.05, 4.69) is 31.9 Å². The molecule has 0 atom stereocenters. The SMILES string of the molecule is C=C=C=C(C)CCCC. The third kappa shape index (κ3) is 5.17. The summed E-state index contributed by atoms with van der Waals surface area (Å²) in [6.07, 6.45) is 3.63. The number of hydrogen-bond donors (Lipinski definition) is 0. The molecule has 0 unspecified atom stereocenters. The predicted molar refractivity (Wildman–Crippen MR) is 41.4 cm³/mol. The maximum atomic E-state index is 3.45. The summed E-state index contributed by atoms with van der Waals surface area (Å²) in [5, 5.41) is 0. The minimum absolute atomic E-state index is 1.14. The van der Waals surface area contributed by atoms with Gasteiger partial charge in [0, 0.05) is 0 Å². The van der Waals surface area contributed by atoms with Gasteiger partial charge >= 0.3 is 0 Å². The molecule has 0 saturated carbocycles. The second kappa shape index (κ2) is 5.44. The van der Waals surface area contributed by atoms with Gasteiger partial charge in [0.25, 0.3) is 0 Å². The van der Waals surface area contributed by atoms with E-state index in [0.717, 1.165) is 6.42 Å². The number of unbranched alkanes of at least 4 members (excludes halogenated alkanes) is 1. The van der Waals surface area contributed by atoms with Gasteiger partial charge in [-0.3, -0.25) is 0 Å². The molecule has 0 heteroatoms. The summed E-state index contributed by atoms with van der Waals surface area (Å²) in [5.41, 5.74) is 6.83. The first kappa shape index (κ1) is 8.30. The molecule has 0 N–H and O–H groups in total. The summed E-state index contributed by atoms with van der Waals surface area (Å²) in [7, 11) is 0. The monoisotopic (exact) mass is 122 g/mol. The molecule has 0 fully saturated rings. The fourth-order valence-corrected chi connectivity index (χ4v) is 0.655. The van der Waals surface area contributed by atoms with E-state index in [0.29, 0.717) is 0 Å². The van der Waals surface area contributed by atoms with Gasteiger partial charge in [0.2, 0.25) is 0 Å². The van der Waals surface area contributed by atoms with Crippen LogP contribution >= 0.6 is 0 Å². The zero-order valence-electron chi connectivity index (χ0n) is 6.33. The van der Waals surface area contributed by atoms with Crippen molar-refractivity contribution in [2.45, 2.75) is 33.1 Å². The van der Waals surface area contributed by atoms with Crippen molar-refractivity contribution < 1.29 is 0 Å². The Labute approximate surface area is 57.6 Å². The minimum Gasteiger partial charge on any atom is -0.0782 e. The summed E-state index contributed by atoms with van der Waals surface area (Å²) in [6.45, 7) is 7.70. The fraction of sp³-hybridized carbons (Fsp3) is 0.556. The lowest BCUT2D eigenvalue weighted by atomic mass is 10.1. The van der Waals surface area contributed by atoms with Gasteiger partial charge in [-0.05, 0) is 31.9 Å². The predicted octanol–water partition coefficient (Wildman–Crippen LogP) is 3.06. The van der Waals surface area contributed by atoms with Crippen molar-refractivity contribution in [3.8, 4) is 0 Å². The van der Waals surface area contributed by atoms with Crippen molar-refractivity contribution in [3.05, 3.63) is 23.6 Å². The van der Waals surface area contributed by atoms with E-state index in [1.165, 1.54) is 18.4 Å². The van der Waals surface area contributed by atoms with Crippen LogP contribution in [-0.2, 0) is 0 Å². The third-order valence-electron chi connectivity index (χ3n) is 1.21. The first-order valence-corrected chi connectivity index (χ1v) is 3.41. The maximum Gasteiger partial charge on any atom is -0.0230 e. The molecule has 0 aliphatic rings. The second-order valence-corrected chi connectivity index (χ2v) is 2.19. The number of hydrogen-bond acceptors (Lipinski definition) is 0. The first-order valence-electron chi connectivity index (χ1n) is 3.41. The molecule has 0 radical (unpaired) electrons. The Morgan fingerprint density at radius 2 is 2.22 bits per heavy atom. The molecule has 0 aliphatic carbocycles. The Kier molecular flexibility index (Phi) is 5.01. The molecule has 0 amide bonds. The summed E-state index contributed by atoms with van der Waals surface area (Å²) in [4.78, 5) is 0. The van der Waals surface area contributed by atoms with Gasteiger partial charge in [-0.1, -0.05) is 24.8 Å². The van der Waals surface area contributed by atoms with E-state index in [-0.39, 0.29) is 0 Å². The molecule has 0 aromatic heterocycles. The van der Waals surface area contributed by atoms with Gasteiger partial charge in [0.05, 0.1) is 0 Å². The molecular weight excluding hydrogens is 108 g/mol. The van der Waals surface area contributed by atoms with Crippen molar-refractivity contribution in [1.82, 2.24) is 0 Å². The summed E-state index contributed by atoms with van der Waals surface area (Å²) < 4.78 is 0. The molecule has 0 heterocycles. The molecule has 0 aromatic rings. The standard InChI is InChI=1S/C9H14/c1-4-6-8-9(3)7-5-2/h2,4,6,8H2,1,3H3. The van der Waals surface area contributed by atoms with Gasteiger partial charge in [0.15, 0.2) is 0 Å². The average Bonchev–Trinajstić information content (AvgIpc) is 1.85. The Hall–Kier alpha value is -0.700. The van der Waals surface area contributed by atoms with Crippen molar-refractivity contribution in [2.24, 2.45) is 0 Å². The minimum atomic E-state index is 1.14. The third-order valence-corrected chi connectivity index (χ3v) is 1.21. The summed E-state index contributed by atoms with van der Waals surface area (Å²) >= 11 is 0. The van der Waals surface area contributed by atoms with Crippen LogP contribution in [0.5, 0.6) is 0 Å². The van der Waals surface area contributed by atoms with E-state index in [1.807, 2.05) is 0 Å². The van der Waals surface area contributed by atoms with Gasteiger partial charge in [-0.25, -0.2) is 0 Å². The van der Waals surface area contributed by atoms with Gasteiger partial charge in [-0.15, -0.1) is 0 Å². The van der Waals surface area contributed by atoms with Crippen molar-refractivity contribution >= 4 is 0 Å². The topological polar surface area (TPSA) is 0 Å². The van der Waals surface area contributed by atoms with Crippen LogP contribution in [-0.4, -0.2) is 0 Å². The fourth-order valence-electron chi connectivity index (χ4n) is 0.655. The Bertz CT molecular complexity index is 141. The highest BCUT2D eigenvalue weighted by molar-refractivity contribution is 4.95.